The van der Waals surface area contributed by atoms with Gasteiger partial charge in [0.25, 0.3) is 0 Å². The number of esters is 3. The van der Waals surface area contributed by atoms with Gasteiger partial charge < -0.3 is 14.2 Å². The zero-order valence-electron chi connectivity index (χ0n) is 41.3. The van der Waals surface area contributed by atoms with Crippen LogP contribution in [-0.4, -0.2) is 37.2 Å². The van der Waals surface area contributed by atoms with Crippen LogP contribution in [-0.2, 0) is 28.6 Å². The molecule has 6 nitrogen and oxygen atoms in total. The molecule has 0 spiro atoms. The summed E-state index contributed by atoms with van der Waals surface area (Å²) in [4.78, 5) is 38.0. The Morgan fingerprint density at radius 3 is 1.00 bits per heavy atom. The number of carbonyl (C=O) groups excluding carboxylic acids is 3. The molecule has 362 valence electrons. The van der Waals surface area contributed by atoms with E-state index in [9.17, 15) is 14.4 Å². The molecular formula is C57H98O6. The molecule has 0 aliphatic carbocycles. The van der Waals surface area contributed by atoms with E-state index in [1.54, 1.807) is 0 Å². The fourth-order valence-corrected chi connectivity index (χ4v) is 7.23. The summed E-state index contributed by atoms with van der Waals surface area (Å²) >= 11 is 0. The molecule has 0 fully saturated rings. The first-order valence-electron chi connectivity index (χ1n) is 26.4. The molecular weight excluding hydrogens is 781 g/mol. The second kappa shape index (κ2) is 51.5. The first kappa shape index (κ1) is 59.9. The molecule has 1 atom stereocenters. The molecule has 0 aliphatic heterocycles. The quantitative estimate of drug-likeness (QED) is 0.0262. The Labute approximate surface area is 389 Å². The number of hydrogen-bond donors (Lipinski definition) is 0. The third kappa shape index (κ3) is 49.7. The number of hydrogen-bond acceptors (Lipinski definition) is 6. The van der Waals surface area contributed by atoms with Gasteiger partial charge in [-0.2, -0.15) is 0 Å². The van der Waals surface area contributed by atoms with Gasteiger partial charge in [-0.05, 0) is 89.9 Å². The normalized spacial score (nSPS) is 12.6. The van der Waals surface area contributed by atoms with Crippen LogP contribution in [0.4, 0.5) is 0 Å². The molecule has 0 radical (unpaired) electrons. The molecule has 1 unspecified atom stereocenters. The predicted octanol–water partition coefficient (Wildman–Crippen LogP) is 17.4. The van der Waals surface area contributed by atoms with Gasteiger partial charge in [-0.15, -0.1) is 0 Å². The zero-order valence-corrected chi connectivity index (χ0v) is 41.3. The summed E-state index contributed by atoms with van der Waals surface area (Å²) < 4.78 is 16.8. The Morgan fingerprint density at radius 1 is 0.333 bits per heavy atom. The standard InChI is InChI=1S/C57H98O6/c1-4-7-10-13-16-19-22-25-27-28-29-30-31-33-35-38-41-44-47-50-56(59)62-53-54(52-61-55(58)49-46-43-40-37-34-24-21-18-15-12-9-6-3)63-57(60)51-48-45-42-39-36-32-26-23-20-17-14-11-8-5-2/h7,10,16,19,23,25-27,29-30,33,35,54H,4-6,8-9,11-15,17-18,20-22,24,28,31-32,34,36-53H2,1-3H3/b10-7-,19-16-,26-23-,27-25-,30-29-,35-33-. The van der Waals surface area contributed by atoms with Gasteiger partial charge >= 0.3 is 17.9 Å². The Morgan fingerprint density at radius 2 is 0.619 bits per heavy atom. The van der Waals surface area contributed by atoms with Crippen LogP contribution in [0.2, 0.25) is 0 Å². The molecule has 0 aromatic rings. The maximum absolute atomic E-state index is 12.8. The number of unbranched alkanes of at least 4 members (excludes halogenated alkanes) is 24. The summed E-state index contributed by atoms with van der Waals surface area (Å²) in [6.45, 7) is 6.48. The van der Waals surface area contributed by atoms with E-state index >= 15 is 0 Å². The van der Waals surface area contributed by atoms with Crippen LogP contribution in [0.25, 0.3) is 0 Å². The predicted molar refractivity (Wildman–Crippen MR) is 270 cm³/mol. The van der Waals surface area contributed by atoms with Crippen LogP contribution in [0.3, 0.4) is 0 Å². The van der Waals surface area contributed by atoms with Gasteiger partial charge in [0.15, 0.2) is 6.10 Å². The first-order valence-corrected chi connectivity index (χ1v) is 26.4. The number of rotatable bonds is 47. The summed E-state index contributed by atoms with van der Waals surface area (Å²) in [6, 6.07) is 0. The minimum Gasteiger partial charge on any atom is -0.462 e. The highest BCUT2D eigenvalue weighted by atomic mass is 16.6. The minimum atomic E-state index is -0.791. The van der Waals surface area contributed by atoms with Gasteiger partial charge in [-0.1, -0.05) is 216 Å². The summed E-state index contributed by atoms with van der Waals surface area (Å²) in [5.74, 6) is -0.927. The van der Waals surface area contributed by atoms with E-state index in [0.29, 0.717) is 19.3 Å². The molecule has 0 saturated carbocycles. The Kier molecular flexibility index (Phi) is 48.9. The van der Waals surface area contributed by atoms with Crippen LogP contribution >= 0.6 is 0 Å². The number of allylic oxidation sites excluding steroid dienone is 12. The molecule has 6 heteroatoms. The average molecular weight is 879 g/mol. The zero-order chi connectivity index (χ0) is 45.8. The molecule has 0 amide bonds. The van der Waals surface area contributed by atoms with Crippen molar-refractivity contribution in [1.29, 1.82) is 0 Å². The Bertz CT molecular complexity index is 1190. The van der Waals surface area contributed by atoms with Crippen LogP contribution in [0.1, 0.15) is 252 Å². The summed E-state index contributed by atoms with van der Waals surface area (Å²) in [6.07, 6.45) is 64.5. The molecule has 0 aromatic heterocycles. The third-order valence-corrected chi connectivity index (χ3v) is 11.2. The van der Waals surface area contributed by atoms with E-state index < -0.39 is 6.10 Å². The van der Waals surface area contributed by atoms with Crippen molar-refractivity contribution in [2.45, 2.75) is 258 Å². The SMILES string of the molecule is CC/C=C\C/C=C\C/C=C\C/C=C\C/C=C\CCCCCC(=O)OCC(COC(=O)CCCCCCCCCCCCCC)OC(=O)CCCCCCC/C=C\CCCCCCC. The van der Waals surface area contributed by atoms with E-state index in [1.165, 1.54) is 103 Å². The van der Waals surface area contributed by atoms with Crippen molar-refractivity contribution in [2.24, 2.45) is 0 Å². The Balaban J connectivity index is 4.43. The van der Waals surface area contributed by atoms with Crippen LogP contribution in [0, 0.1) is 0 Å². The van der Waals surface area contributed by atoms with E-state index in [4.69, 9.17) is 14.2 Å². The van der Waals surface area contributed by atoms with E-state index in [-0.39, 0.29) is 31.1 Å². The summed E-state index contributed by atoms with van der Waals surface area (Å²) in [5, 5.41) is 0. The van der Waals surface area contributed by atoms with E-state index in [2.05, 4.69) is 93.7 Å². The average Bonchev–Trinajstić information content (AvgIpc) is 3.28. The lowest BCUT2D eigenvalue weighted by atomic mass is 10.0. The highest BCUT2D eigenvalue weighted by Crippen LogP contribution is 2.14. The van der Waals surface area contributed by atoms with Crippen LogP contribution in [0.15, 0.2) is 72.9 Å². The van der Waals surface area contributed by atoms with E-state index in [0.717, 1.165) is 109 Å². The van der Waals surface area contributed by atoms with Crippen molar-refractivity contribution < 1.29 is 28.6 Å². The maximum atomic E-state index is 12.8. The third-order valence-electron chi connectivity index (χ3n) is 11.2. The van der Waals surface area contributed by atoms with Gasteiger partial charge in [0.05, 0.1) is 0 Å². The monoisotopic (exact) mass is 879 g/mol. The highest BCUT2D eigenvalue weighted by Gasteiger charge is 2.19. The molecule has 0 N–H and O–H groups in total. The van der Waals surface area contributed by atoms with Gasteiger partial charge in [0.1, 0.15) is 13.2 Å². The number of carbonyl (C=O) groups is 3. The van der Waals surface area contributed by atoms with Gasteiger partial charge in [0, 0.05) is 19.3 Å². The van der Waals surface area contributed by atoms with Gasteiger partial charge in [-0.25, -0.2) is 0 Å². The van der Waals surface area contributed by atoms with Crippen molar-refractivity contribution in [3.05, 3.63) is 72.9 Å². The fraction of sp³-hybridized carbons (Fsp3) is 0.737. The smallest absolute Gasteiger partial charge is 0.306 e. The number of ether oxygens (including phenoxy) is 3. The second-order valence-electron chi connectivity index (χ2n) is 17.4. The van der Waals surface area contributed by atoms with Crippen molar-refractivity contribution in [3.8, 4) is 0 Å². The lowest BCUT2D eigenvalue weighted by Gasteiger charge is -2.18. The molecule has 0 saturated heterocycles. The minimum absolute atomic E-state index is 0.0877. The highest BCUT2D eigenvalue weighted by molar-refractivity contribution is 5.71. The van der Waals surface area contributed by atoms with Crippen molar-refractivity contribution in [2.75, 3.05) is 13.2 Å². The maximum Gasteiger partial charge on any atom is 0.306 e. The lowest BCUT2D eigenvalue weighted by Crippen LogP contribution is -2.30. The molecule has 0 aliphatic rings. The van der Waals surface area contributed by atoms with Crippen molar-refractivity contribution in [1.82, 2.24) is 0 Å². The lowest BCUT2D eigenvalue weighted by molar-refractivity contribution is -0.167. The van der Waals surface area contributed by atoms with Crippen molar-refractivity contribution >= 4 is 17.9 Å². The van der Waals surface area contributed by atoms with Gasteiger partial charge in [0.2, 0.25) is 0 Å². The molecule has 0 heterocycles. The summed E-state index contributed by atoms with van der Waals surface area (Å²) in [5.41, 5.74) is 0. The molecule has 63 heavy (non-hydrogen) atoms. The fourth-order valence-electron chi connectivity index (χ4n) is 7.23. The van der Waals surface area contributed by atoms with Crippen LogP contribution < -0.4 is 0 Å². The topological polar surface area (TPSA) is 78.9 Å². The largest absolute Gasteiger partial charge is 0.462 e. The molecule has 0 bridgehead atoms. The first-order chi connectivity index (χ1) is 31.0. The van der Waals surface area contributed by atoms with Gasteiger partial charge in [-0.3, -0.25) is 14.4 Å². The second-order valence-corrected chi connectivity index (χ2v) is 17.4. The van der Waals surface area contributed by atoms with Crippen LogP contribution in [0.5, 0.6) is 0 Å². The summed E-state index contributed by atoms with van der Waals surface area (Å²) in [7, 11) is 0. The molecule has 0 rings (SSSR count). The van der Waals surface area contributed by atoms with Crippen molar-refractivity contribution in [3.63, 3.8) is 0 Å². The molecule has 0 aromatic carbocycles. The van der Waals surface area contributed by atoms with E-state index in [1.807, 2.05) is 0 Å². The Hall–Kier alpha value is -3.15.